The topological polar surface area (TPSA) is 32.8 Å². The Balaban J connectivity index is 1.53. The highest BCUT2D eigenvalue weighted by Gasteiger charge is 2.63. The summed E-state index contributed by atoms with van der Waals surface area (Å²) in [5.41, 5.74) is 1.03. The van der Waals surface area contributed by atoms with E-state index in [0.29, 0.717) is 23.3 Å². The lowest BCUT2D eigenvalue weighted by molar-refractivity contribution is -0.176. The van der Waals surface area contributed by atoms with Crippen LogP contribution in [-0.4, -0.2) is 29.6 Å². The molecule has 1 saturated heterocycles. The highest BCUT2D eigenvalue weighted by atomic mass is 16.5. The fraction of sp³-hybridized carbons (Fsp3) is 0.682. The molecule has 140 valence electrons. The van der Waals surface area contributed by atoms with E-state index < -0.39 is 5.54 Å². The number of hydrazine groups is 1. The predicted molar refractivity (Wildman–Crippen MR) is 102 cm³/mol. The van der Waals surface area contributed by atoms with Gasteiger partial charge in [0.1, 0.15) is 17.0 Å². The quantitative estimate of drug-likeness (QED) is 0.813. The van der Waals surface area contributed by atoms with Crippen LogP contribution in [-0.2, 0) is 4.79 Å². The summed E-state index contributed by atoms with van der Waals surface area (Å²) in [7, 11) is 1.71. The van der Waals surface area contributed by atoms with Crippen molar-refractivity contribution in [2.24, 2.45) is 23.2 Å². The number of carbonyl (C=O) groups is 1. The second-order valence-electron chi connectivity index (χ2n) is 9.96. The minimum atomic E-state index is -0.507. The standard InChI is InChI=1S/C22H30N2O2/c1-21(2)20(25)23(24(21)17-7-5-6-8-18(17)26-4)19-15-9-14-10-16(19)13-22(3,11-14)12-15/h5-8,14-16,19H,9-13H2,1-4H3. The SMILES string of the molecule is COc1ccccc1N1N(C2C3CC4CC2CC(C)(C4)C3)C(=O)C1(C)C. The average molecular weight is 354 g/mol. The maximum absolute atomic E-state index is 13.2. The Bertz CT molecular complexity index is 742. The zero-order chi connectivity index (χ0) is 18.3. The van der Waals surface area contributed by atoms with Crippen LogP contribution >= 0.6 is 0 Å². The number of rotatable bonds is 3. The van der Waals surface area contributed by atoms with Crippen molar-refractivity contribution in [2.45, 2.75) is 64.5 Å². The van der Waals surface area contributed by atoms with Gasteiger partial charge in [0.05, 0.1) is 13.2 Å². The number of amides is 1. The lowest BCUT2D eigenvalue weighted by atomic mass is 9.48. The number of nitrogens with zero attached hydrogens (tertiary/aromatic N) is 2. The molecular formula is C22H30N2O2. The fourth-order valence-corrected chi connectivity index (χ4v) is 6.98. The van der Waals surface area contributed by atoms with E-state index in [0.717, 1.165) is 17.4 Å². The predicted octanol–water partition coefficient (Wildman–Crippen LogP) is 4.25. The van der Waals surface area contributed by atoms with Crippen molar-refractivity contribution >= 4 is 11.6 Å². The number of benzene rings is 1. The molecule has 5 aliphatic rings. The van der Waals surface area contributed by atoms with E-state index in [9.17, 15) is 4.79 Å². The molecule has 1 amide bonds. The summed E-state index contributed by atoms with van der Waals surface area (Å²) in [5, 5.41) is 4.34. The second-order valence-corrected chi connectivity index (χ2v) is 9.96. The summed E-state index contributed by atoms with van der Waals surface area (Å²) in [6.45, 7) is 6.56. The number of carbonyl (C=O) groups excluding carboxylic acids is 1. The van der Waals surface area contributed by atoms with Crippen molar-refractivity contribution in [2.75, 3.05) is 12.1 Å². The maximum Gasteiger partial charge on any atom is 0.268 e. The van der Waals surface area contributed by atoms with Gasteiger partial charge in [-0.1, -0.05) is 19.1 Å². The Morgan fingerprint density at radius 3 is 2.31 bits per heavy atom. The average Bonchev–Trinajstić information content (AvgIpc) is 2.58. The first-order chi connectivity index (χ1) is 12.3. The van der Waals surface area contributed by atoms with E-state index in [1.807, 2.05) is 32.0 Å². The number of hydrogen-bond acceptors (Lipinski definition) is 3. The lowest BCUT2D eigenvalue weighted by Crippen LogP contribution is -2.80. The van der Waals surface area contributed by atoms with Gasteiger partial charge in [-0.05, 0) is 81.3 Å². The molecule has 0 aromatic heterocycles. The largest absolute Gasteiger partial charge is 0.495 e. The van der Waals surface area contributed by atoms with Gasteiger partial charge in [0.2, 0.25) is 0 Å². The summed E-state index contributed by atoms with van der Waals surface area (Å²) in [6.07, 6.45) is 6.59. The van der Waals surface area contributed by atoms with Gasteiger partial charge in [0, 0.05) is 0 Å². The van der Waals surface area contributed by atoms with E-state index in [1.165, 1.54) is 32.1 Å². The summed E-state index contributed by atoms with van der Waals surface area (Å²) in [5.74, 6) is 3.31. The Hall–Kier alpha value is -1.71. The third-order valence-corrected chi connectivity index (χ3v) is 7.60. The summed E-state index contributed by atoms with van der Waals surface area (Å²) >= 11 is 0. The summed E-state index contributed by atoms with van der Waals surface area (Å²) in [4.78, 5) is 13.2. The zero-order valence-corrected chi connectivity index (χ0v) is 16.4. The van der Waals surface area contributed by atoms with E-state index in [-0.39, 0.29) is 5.91 Å². The van der Waals surface area contributed by atoms with Crippen LogP contribution in [0.1, 0.15) is 52.9 Å². The van der Waals surface area contributed by atoms with E-state index >= 15 is 0 Å². The van der Waals surface area contributed by atoms with Gasteiger partial charge in [0.25, 0.3) is 5.91 Å². The van der Waals surface area contributed by atoms with Crippen molar-refractivity contribution in [3.05, 3.63) is 24.3 Å². The van der Waals surface area contributed by atoms with Crippen molar-refractivity contribution in [3.63, 3.8) is 0 Å². The molecule has 1 aromatic rings. The highest BCUT2D eigenvalue weighted by molar-refractivity contribution is 5.98. The van der Waals surface area contributed by atoms with Gasteiger partial charge in [-0.3, -0.25) is 9.80 Å². The first-order valence-electron chi connectivity index (χ1n) is 10.1. The molecule has 5 fully saturated rings. The molecule has 4 saturated carbocycles. The van der Waals surface area contributed by atoms with Gasteiger partial charge in [-0.15, -0.1) is 0 Å². The molecule has 2 atom stereocenters. The fourth-order valence-electron chi connectivity index (χ4n) is 6.98. The van der Waals surface area contributed by atoms with Crippen molar-refractivity contribution < 1.29 is 9.53 Å². The number of ether oxygens (including phenoxy) is 1. The highest BCUT2D eigenvalue weighted by Crippen LogP contribution is 2.62. The second kappa shape index (κ2) is 5.17. The number of hydrogen-bond donors (Lipinski definition) is 0. The minimum Gasteiger partial charge on any atom is -0.495 e. The Labute approximate surface area is 156 Å². The van der Waals surface area contributed by atoms with Crippen molar-refractivity contribution in [3.8, 4) is 5.75 Å². The smallest absolute Gasteiger partial charge is 0.268 e. The molecule has 2 unspecified atom stereocenters. The van der Waals surface area contributed by atoms with Crippen LogP contribution in [0.5, 0.6) is 5.75 Å². The molecule has 26 heavy (non-hydrogen) atoms. The van der Waals surface area contributed by atoms with E-state index in [1.54, 1.807) is 7.11 Å². The third kappa shape index (κ3) is 2.04. The van der Waals surface area contributed by atoms with E-state index in [4.69, 9.17) is 4.74 Å². The molecular weight excluding hydrogens is 324 g/mol. The molecule has 4 bridgehead atoms. The lowest BCUT2D eigenvalue weighted by Gasteiger charge is -2.67. The molecule has 0 spiro atoms. The monoisotopic (exact) mass is 354 g/mol. The summed E-state index contributed by atoms with van der Waals surface area (Å²) < 4.78 is 5.62. The number of methoxy groups -OCH3 is 1. The van der Waals surface area contributed by atoms with Crippen LogP contribution in [0.25, 0.3) is 0 Å². The third-order valence-electron chi connectivity index (χ3n) is 7.60. The van der Waals surface area contributed by atoms with Gasteiger partial charge in [0.15, 0.2) is 0 Å². The first kappa shape index (κ1) is 16.5. The Morgan fingerprint density at radius 1 is 1.04 bits per heavy atom. The number of para-hydroxylation sites is 2. The van der Waals surface area contributed by atoms with Crippen LogP contribution in [0.2, 0.25) is 0 Å². The normalized spacial score (nSPS) is 39.9. The van der Waals surface area contributed by atoms with Crippen LogP contribution < -0.4 is 9.75 Å². The molecule has 4 heteroatoms. The molecule has 1 aliphatic heterocycles. The molecule has 0 N–H and O–H groups in total. The van der Waals surface area contributed by atoms with Crippen LogP contribution in [0.15, 0.2) is 24.3 Å². The molecule has 4 aliphatic carbocycles. The zero-order valence-electron chi connectivity index (χ0n) is 16.4. The number of anilines is 1. The molecule has 4 nitrogen and oxygen atoms in total. The van der Waals surface area contributed by atoms with Gasteiger partial charge >= 0.3 is 0 Å². The summed E-state index contributed by atoms with van der Waals surface area (Å²) in [6, 6.07) is 8.46. The van der Waals surface area contributed by atoms with Crippen LogP contribution in [0.4, 0.5) is 5.69 Å². The first-order valence-corrected chi connectivity index (χ1v) is 10.1. The van der Waals surface area contributed by atoms with Crippen LogP contribution in [0.3, 0.4) is 0 Å². The van der Waals surface area contributed by atoms with Crippen molar-refractivity contribution in [1.82, 2.24) is 5.01 Å². The van der Waals surface area contributed by atoms with E-state index in [2.05, 4.69) is 23.0 Å². The molecule has 6 rings (SSSR count). The van der Waals surface area contributed by atoms with Gasteiger partial charge in [-0.25, -0.2) is 5.01 Å². The Morgan fingerprint density at radius 2 is 1.69 bits per heavy atom. The minimum absolute atomic E-state index is 0.269. The van der Waals surface area contributed by atoms with Gasteiger partial charge < -0.3 is 4.74 Å². The molecule has 1 aromatic carbocycles. The van der Waals surface area contributed by atoms with Crippen molar-refractivity contribution in [1.29, 1.82) is 0 Å². The molecule has 1 heterocycles. The van der Waals surface area contributed by atoms with Crippen LogP contribution in [0, 0.1) is 23.2 Å². The Kier molecular flexibility index (Phi) is 3.28. The molecule has 0 radical (unpaired) electrons. The van der Waals surface area contributed by atoms with Gasteiger partial charge in [-0.2, -0.15) is 0 Å². The maximum atomic E-state index is 13.2.